The summed E-state index contributed by atoms with van der Waals surface area (Å²) in [5.74, 6) is -0.758. The third-order valence-electron chi connectivity index (χ3n) is 4.24. The maximum absolute atomic E-state index is 11.1. The molecule has 0 radical (unpaired) electrons. The average molecular weight is 291 g/mol. The number of carboxylic acid groups (broad SMARTS) is 1. The van der Waals surface area contributed by atoms with Crippen molar-refractivity contribution in [1.29, 1.82) is 0 Å². The first-order chi connectivity index (χ1) is 10.2. The Balaban J connectivity index is 2.18. The van der Waals surface area contributed by atoms with E-state index in [9.17, 15) is 4.79 Å². The van der Waals surface area contributed by atoms with Crippen LogP contribution in [-0.2, 0) is 16.0 Å². The zero-order chi connectivity index (χ0) is 15.2. The van der Waals surface area contributed by atoms with Crippen molar-refractivity contribution in [3.63, 3.8) is 0 Å². The molecule has 21 heavy (non-hydrogen) atoms. The number of hydrogen-bond acceptors (Lipinski definition) is 3. The van der Waals surface area contributed by atoms with E-state index in [1.54, 1.807) is 0 Å². The Morgan fingerprint density at radius 1 is 1.38 bits per heavy atom. The van der Waals surface area contributed by atoms with E-state index in [-0.39, 0.29) is 18.5 Å². The number of morpholine rings is 1. The molecule has 1 fully saturated rings. The fourth-order valence-corrected chi connectivity index (χ4v) is 3.09. The summed E-state index contributed by atoms with van der Waals surface area (Å²) < 4.78 is 5.48. The molecule has 0 saturated carbocycles. The van der Waals surface area contributed by atoms with Gasteiger partial charge in [0.1, 0.15) is 0 Å². The highest BCUT2D eigenvalue weighted by atomic mass is 16.5. The molecule has 1 aliphatic heterocycles. The summed E-state index contributed by atoms with van der Waals surface area (Å²) in [4.78, 5) is 13.4. The number of nitrogens with zero attached hydrogens (tertiary/aromatic N) is 1. The van der Waals surface area contributed by atoms with Gasteiger partial charge in [-0.3, -0.25) is 9.69 Å². The molecule has 2 rings (SSSR count). The number of ether oxygens (including phenoxy) is 1. The lowest BCUT2D eigenvalue weighted by atomic mass is 9.97. The topological polar surface area (TPSA) is 49.8 Å². The fraction of sp³-hybridized carbons (Fsp3) is 0.588. The van der Waals surface area contributed by atoms with Gasteiger partial charge in [0.25, 0.3) is 0 Å². The van der Waals surface area contributed by atoms with E-state index >= 15 is 0 Å². The van der Waals surface area contributed by atoms with Gasteiger partial charge in [-0.05, 0) is 24.0 Å². The molecule has 4 nitrogen and oxygen atoms in total. The first-order valence-corrected chi connectivity index (χ1v) is 7.79. The molecular formula is C17H25NO3. The van der Waals surface area contributed by atoms with Gasteiger partial charge in [-0.1, -0.05) is 38.1 Å². The molecule has 0 amide bonds. The first-order valence-electron chi connectivity index (χ1n) is 7.79. The molecular weight excluding hydrogens is 266 g/mol. The quantitative estimate of drug-likeness (QED) is 0.875. The lowest BCUT2D eigenvalue weighted by Gasteiger charge is -2.40. The van der Waals surface area contributed by atoms with Crippen molar-refractivity contribution in [2.75, 3.05) is 19.8 Å². The van der Waals surface area contributed by atoms with Crippen molar-refractivity contribution in [3.8, 4) is 0 Å². The van der Waals surface area contributed by atoms with Gasteiger partial charge in [-0.25, -0.2) is 0 Å². The summed E-state index contributed by atoms with van der Waals surface area (Å²) in [6.07, 6.45) is 2.15. The Labute approximate surface area is 126 Å². The Morgan fingerprint density at radius 3 is 2.67 bits per heavy atom. The summed E-state index contributed by atoms with van der Waals surface area (Å²) >= 11 is 0. The van der Waals surface area contributed by atoms with Gasteiger partial charge in [-0.15, -0.1) is 0 Å². The van der Waals surface area contributed by atoms with Crippen LogP contribution in [0.1, 0.15) is 43.9 Å². The maximum Gasteiger partial charge on any atom is 0.305 e. The van der Waals surface area contributed by atoms with Crippen LogP contribution in [0.15, 0.2) is 24.3 Å². The molecule has 1 aromatic carbocycles. The van der Waals surface area contributed by atoms with E-state index in [1.807, 2.05) is 0 Å². The third-order valence-corrected chi connectivity index (χ3v) is 4.24. The molecule has 116 valence electrons. The molecule has 1 saturated heterocycles. The lowest BCUT2D eigenvalue weighted by Crippen LogP contribution is -2.48. The van der Waals surface area contributed by atoms with Crippen LogP contribution < -0.4 is 0 Å². The van der Waals surface area contributed by atoms with E-state index in [0.717, 1.165) is 19.4 Å². The Kier molecular flexibility index (Phi) is 5.76. The zero-order valence-corrected chi connectivity index (χ0v) is 12.9. The number of aliphatic carboxylic acids is 1. The van der Waals surface area contributed by atoms with Crippen LogP contribution in [0.3, 0.4) is 0 Å². The Morgan fingerprint density at radius 2 is 2.10 bits per heavy atom. The highest BCUT2D eigenvalue weighted by Gasteiger charge is 2.30. The second-order valence-corrected chi connectivity index (χ2v) is 5.58. The zero-order valence-electron chi connectivity index (χ0n) is 12.9. The smallest absolute Gasteiger partial charge is 0.305 e. The SMILES string of the molecule is CCc1ccc(C(CC)N2CCOCC2CC(=O)O)cc1. The Bertz CT molecular complexity index is 458. The number of benzene rings is 1. The first kappa shape index (κ1) is 16.0. The second-order valence-electron chi connectivity index (χ2n) is 5.58. The van der Waals surface area contributed by atoms with Crippen molar-refractivity contribution in [2.45, 2.75) is 45.2 Å². The molecule has 0 aromatic heterocycles. The van der Waals surface area contributed by atoms with E-state index in [0.29, 0.717) is 13.2 Å². The highest BCUT2D eigenvalue weighted by Crippen LogP contribution is 2.29. The van der Waals surface area contributed by atoms with Gasteiger partial charge in [0.2, 0.25) is 0 Å². The summed E-state index contributed by atoms with van der Waals surface area (Å²) in [6.45, 7) is 6.30. The predicted molar refractivity (Wildman–Crippen MR) is 82.4 cm³/mol. The number of carbonyl (C=O) groups is 1. The molecule has 0 spiro atoms. The van der Waals surface area contributed by atoms with Crippen molar-refractivity contribution in [2.24, 2.45) is 0 Å². The summed E-state index contributed by atoms with van der Waals surface area (Å²) in [5, 5.41) is 9.09. The van der Waals surface area contributed by atoms with E-state index < -0.39 is 5.97 Å². The van der Waals surface area contributed by atoms with Crippen molar-refractivity contribution < 1.29 is 14.6 Å². The van der Waals surface area contributed by atoms with Gasteiger partial charge >= 0.3 is 5.97 Å². The predicted octanol–water partition coefficient (Wildman–Crippen LogP) is 2.88. The normalized spacial score (nSPS) is 21.1. The second kappa shape index (κ2) is 7.57. The van der Waals surface area contributed by atoms with Gasteiger partial charge in [0, 0.05) is 18.6 Å². The molecule has 2 atom stereocenters. The van der Waals surface area contributed by atoms with Crippen LogP contribution in [0, 0.1) is 0 Å². The molecule has 0 aliphatic carbocycles. The maximum atomic E-state index is 11.1. The fourth-order valence-electron chi connectivity index (χ4n) is 3.09. The van der Waals surface area contributed by atoms with E-state index in [1.165, 1.54) is 11.1 Å². The van der Waals surface area contributed by atoms with E-state index in [2.05, 4.69) is 43.0 Å². The van der Waals surface area contributed by atoms with Crippen molar-refractivity contribution in [3.05, 3.63) is 35.4 Å². The minimum absolute atomic E-state index is 0.0351. The molecule has 1 aromatic rings. The van der Waals surface area contributed by atoms with Gasteiger partial charge in [-0.2, -0.15) is 0 Å². The van der Waals surface area contributed by atoms with Crippen LogP contribution in [0.4, 0.5) is 0 Å². The standard InChI is InChI=1S/C17H25NO3/c1-3-13-5-7-14(8-6-13)16(4-2)18-9-10-21-12-15(18)11-17(19)20/h5-8,15-16H,3-4,9-12H2,1-2H3,(H,19,20). The van der Waals surface area contributed by atoms with Gasteiger partial charge in [0.05, 0.1) is 19.6 Å². The third kappa shape index (κ3) is 4.05. The van der Waals surface area contributed by atoms with Crippen LogP contribution in [0.5, 0.6) is 0 Å². The summed E-state index contributed by atoms with van der Waals surface area (Å²) in [7, 11) is 0. The average Bonchev–Trinajstić information content (AvgIpc) is 2.50. The van der Waals surface area contributed by atoms with Crippen LogP contribution >= 0.6 is 0 Å². The number of carboxylic acids is 1. The molecule has 1 heterocycles. The molecule has 4 heteroatoms. The lowest BCUT2D eigenvalue weighted by molar-refractivity contribution is -0.141. The number of aryl methyl sites for hydroxylation is 1. The van der Waals surface area contributed by atoms with Crippen molar-refractivity contribution >= 4 is 5.97 Å². The van der Waals surface area contributed by atoms with Crippen LogP contribution in [0.2, 0.25) is 0 Å². The molecule has 1 N–H and O–H groups in total. The van der Waals surface area contributed by atoms with Gasteiger partial charge < -0.3 is 9.84 Å². The minimum Gasteiger partial charge on any atom is -0.481 e. The number of rotatable bonds is 6. The monoisotopic (exact) mass is 291 g/mol. The van der Waals surface area contributed by atoms with Crippen molar-refractivity contribution in [1.82, 2.24) is 4.90 Å². The number of hydrogen-bond donors (Lipinski definition) is 1. The molecule has 2 unspecified atom stereocenters. The highest BCUT2D eigenvalue weighted by molar-refractivity contribution is 5.67. The summed E-state index contributed by atoms with van der Waals surface area (Å²) in [6, 6.07) is 8.94. The minimum atomic E-state index is -0.758. The van der Waals surface area contributed by atoms with Crippen LogP contribution in [-0.4, -0.2) is 41.8 Å². The summed E-state index contributed by atoms with van der Waals surface area (Å²) in [5.41, 5.74) is 2.60. The molecule has 1 aliphatic rings. The van der Waals surface area contributed by atoms with E-state index in [4.69, 9.17) is 9.84 Å². The van der Waals surface area contributed by atoms with Gasteiger partial charge in [0.15, 0.2) is 0 Å². The van der Waals surface area contributed by atoms with Crippen LogP contribution in [0.25, 0.3) is 0 Å². The Hall–Kier alpha value is -1.39. The largest absolute Gasteiger partial charge is 0.481 e. The molecule has 0 bridgehead atoms.